The highest BCUT2D eigenvalue weighted by Gasteiger charge is 2.47. The summed E-state index contributed by atoms with van der Waals surface area (Å²) in [4.78, 5) is 2.47. The lowest BCUT2D eigenvalue weighted by atomic mass is 9.67. The molecule has 1 heterocycles. The zero-order valence-electron chi connectivity index (χ0n) is 35.9. The van der Waals surface area contributed by atoms with Crippen LogP contribution in [0.1, 0.15) is 47.6 Å². The van der Waals surface area contributed by atoms with Gasteiger partial charge in [-0.3, -0.25) is 0 Å². The van der Waals surface area contributed by atoms with Gasteiger partial charge in [0.25, 0.3) is 0 Å². The molecule has 1 aliphatic carbocycles. The number of hydrogen-bond acceptors (Lipinski definition) is 2. The molecule has 304 valence electrons. The third-order valence-corrected chi connectivity index (χ3v) is 14.6. The van der Waals surface area contributed by atoms with Gasteiger partial charge >= 0.3 is 0 Å². The molecule has 0 atom stereocenters. The van der Waals surface area contributed by atoms with Crippen molar-refractivity contribution in [1.29, 1.82) is 0 Å². The van der Waals surface area contributed by atoms with Crippen LogP contribution in [-0.4, -0.2) is 0 Å². The Morgan fingerprint density at radius 2 is 0.938 bits per heavy atom. The molecule has 12 rings (SSSR count). The molecule has 1 nitrogen and oxygen atoms in total. The maximum absolute atomic E-state index is 2.50. The van der Waals surface area contributed by atoms with E-state index in [2.05, 4.69) is 249 Å². The van der Waals surface area contributed by atoms with E-state index in [0.717, 1.165) is 17.1 Å². The van der Waals surface area contributed by atoms with Crippen LogP contribution >= 0.6 is 11.3 Å². The first kappa shape index (κ1) is 38.2. The summed E-state index contributed by atoms with van der Waals surface area (Å²) in [5, 5.41) is 5.05. The molecule has 2 heteroatoms. The summed E-state index contributed by atoms with van der Waals surface area (Å²) in [7, 11) is 0. The van der Waals surface area contributed by atoms with Crippen molar-refractivity contribution in [1.82, 2.24) is 0 Å². The molecule has 0 fully saturated rings. The van der Waals surface area contributed by atoms with Gasteiger partial charge in [-0.25, -0.2) is 0 Å². The van der Waals surface area contributed by atoms with Gasteiger partial charge in [-0.1, -0.05) is 184 Å². The number of benzene rings is 10. The van der Waals surface area contributed by atoms with E-state index in [1.165, 1.54) is 92.1 Å². The van der Waals surface area contributed by atoms with Crippen LogP contribution < -0.4 is 4.90 Å². The standard InChI is InChI=1S/C62H45NS/c1-41(2)51-26-16-27-57-61(51)53-35-33-50(40-58(53)62(57,46-21-8-4-9-22-46)47-23-10-5-11-24-47)63(49-34-36-60-56(39-49)52-25-14-15-28-59(52)64-60)48-31-29-43(30-32-48)55-38-45-20-13-12-19-44(45)37-54(55)42-17-6-3-7-18-42/h3-41H,1-2H3. The number of nitrogens with zero attached hydrogens (tertiary/aromatic N) is 1. The molecule has 0 saturated carbocycles. The largest absolute Gasteiger partial charge is 0.310 e. The SMILES string of the molecule is CC(C)c1cccc2c1-c1ccc(N(c3ccc(-c4cc5ccccc5cc4-c4ccccc4)cc3)c3ccc4sc5ccccc5c4c3)cc1C2(c1ccccc1)c1ccccc1. The first-order valence-corrected chi connectivity index (χ1v) is 23.2. The van der Waals surface area contributed by atoms with Gasteiger partial charge in [0.1, 0.15) is 0 Å². The molecule has 64 heavy (non-hydrogen) atoms. The van der Waals surface area contributed by atoms with Crippen LogP contribution in [0.15, 0.2) is 231 Å². The fourth-order valence-electron chi connectivity index (χ4n) is 10.6. The van der Waals surface area contributed by atoms with Crippen molar-refractivity contribution in [2.45, 2.75) is 25.2 Å². The topological polar surface area (TPSA) is 3.24 Å². The monoisotopic (exact) mass is 835 g/mol. The Balaban J connectivity index is 1.10. The van der Waals surface area contributed by atoms with E-state index in [4.69, 9.17) is 0 Å². The van der Waals surface area contributed by atoms with Gasteiger partial charge in [-0.15, -0.1) is 11.3 Å². The molecule has 0 bridgehead atoms. The summed E-state index contributed by atoms with van der Waals surface area (Å²) < 4.78 is 2.60. The van der Waals surface area contributed by atoms with Crippen LogP contribution in [0.2, 0.25) is 0 Å². The quantitative estimate of drug-likeness (QED) is 0.147. The van der Waals surface area contributed by atoms with E-state index < -0.39 is 5.41 Å². The van der Waals surface area contributed by atoms with Gasteiger partial charge in [-0.2, -0.15) is 0 Å². The average Bonchev–Trinajstić information content (AvgIpc) is 3.88. The van der Waals surface area contributed by atoms with Gasteiger partial charge in [0.05, 0.1) is 5.41 Å². The Labute approximate surface area is 379 Å². The number of thiophene rings is 1. The summed E-state index contributed by atoms with van der Waals surface area (Å²) in [5.41, 5.74) is 16.9. The van der Waals surface area contributed by atoms with Crippen molar-refractivity contribution in [3.8, 4) is 33.4 Å². The molecule has 0 aliphatic heterocycles. The maximum atomic E-state index is 2.50. The summed E-state index contributed by atoms with van der Waals surface area (Å²) in [6, 6.07) is 85.8. The Bertz CT molecular complexity index is 3470. The molecule has 1 aliphatic rings. The van der Waals surface area contributed by atoms with Crippen molar-refractivity contribution in [2.24, 2.45) is 0 Å². The lowest BCUT2D eigenvalue weighted by molar-refractivity contribution is 0.765. The Morgan fingerprint density at radius 1 is 0.391 bits per heavy atom. The second-order valence-electron chi connectivity index (χ2n) is 17.4. The van der Waals surface area contributed by atoms with Crippen molar-refractivity contribution in [3.05, 3.63) is 258 Å². The number of fused-ring (bicyclic) bond motifs is 7. The summed E-state index contributed by atoms with van der Waals surface area (Å²) in [6.07, 6.45) is 0. The lowest BCUT2D eigenvalue weighted by Gasteiger charge is -2.35. The van der Waals surface area contributed by atoms with Gasteiger partial charge < -0.3 is 4.90 Å². The zero-order chi connectivity index (χ0) is 42.8. The van der Waals surface area contributed by atoms with Crippen molar-refractivity contribution in [3.63, 3.8) is 0 Å². The highest BCUT2D eigenvalue weighted by molar-refractivity contribution is 7.25. The minimum absolute atomic E-state index is 0.358. The molecule has 0 spiro atoms. The smallest absolute Gasteiger partial charge is 0.0714 e. The second kappa shape index (κ2) is 15.4. The van der Waals surface area contributed by atoms with Gasteiger partial charge in [0.2, 0.25) is 0 Å². The molecule has 0 saturated heterocycles. The minimum atomic E-state index is -0.527. The minimum Gasteiger partial charge on any atom is -0.310 e. The molecular formula is C62H45NS. The number of hydrogen-bond donors (Lipinski definition) is 0. The molecule has 0 amide bonds. The Morgan fingerprint density at radius 3 is 1.61 bits per heavy atom. The van der Waals surface area contributed by atoms with E-state index in [1.807, 2.05) is 11.3 Å². The fraction of sp³-hybridized carbons (Fsp3) is 0.0645. The predicted molar refractivity (Wildman–Crippen MR) is 274 cm³/mol. The third-order valence-electron chi connectivity index (χ3n) is 13.5. The lowest BCUT2D eigenvalue weighted by Crippen LogP contribution is -2.28. The van der Waals surface area contributed by atoms with Gasteiger partial charge in [-0.05, 0) is 139 Å². The van der Waals surface area contributed by atoms with Crippen LogP contribution in [0.5, 0.6) is 0 Å². The van der Waals surface area contributed by atoms with E-state index in [-0.39, 0.29) is 0 Å². The summed E-state index contributed by atoms with van der Waals surface area (Å²) in [6.45, 7) is 4.65. The molecule has 10 aromatic carbocycles. The molecular weight excluding hydrogens is 791 g/mol. The molecule has 0 N–H and O–H groups in total. The van der Waals surface area contributed by atoms with Crippen LogP contribution in [0.25, 0.3) is 64.3 Å². The van der Waals surface area contributed by atoms with E-state index >= 15 is 0 Å². The first-order chi connectivity index (χ1) is 31.6. The van der Waals surface area contributed by atoms with E-state index in [9.17, 15) is 0 Å². The van der Waals surface area contributed by atoms with Crippen LogP contribution in [0.3, 0.4) is 0 Å². The fourth-order valence-corrected chi connectivity index (χ4v) is 11.7. The zero-order valence-corrected chi connectivity index (χ0v) is 36.7. The summed E-state index contributed by atoms with van der Waals surface area (Å²) >= 11 is 1.86. The van der Waals surface area contributed by atoms with Gasteiger partial charge in [0.15, 0.2) is 0 Å². The molecule has 1 aromatic heterocycles. The molecule has 0 radical (unpaired) electrons. The highest BCUT2D eigenvalue weighted by atomic mass is 32.1. The molecule has 11 aromatic rings. The predicted octanol–water partition coefficient (Wildman–Crippen LogP) is 17.5. The highest BCUT2D eigenvalue weighted by Crippen LogP contribution is 2.59. The molecule has 0 unspecified atom stereocenters. The number of rotatable bonds is 8. The van der Waals surface area contributed by atoms with E-state index in [1.54, 1.807) is 0 Å². The van der Waals surface area contributed by atoms with Crippen LogP contribution in [-0.2, 0) is 5.41 Å². The second-order valence-corrected chi connectivity index (χ2v) is 18.5. The summed E-state index contributed by atoms with van der Waals surface area (Å²) in [5.74, 6) is 0.358. The third kappa shape index (κ3) is 6.05. The van der Waals surface area contributed by atoms with Crippen LogP contribution in [0.4, 0.5) is 17.1 Å². The van der Waals surface area contributed by atoms with Crippen molar-refractivity contribution < 1.29 is 0 Å². The van der Waals surface area contributed by atoms with Gasteiger partial charge in [0, 0.05) is 37.2 Å². The maximum Gasteiger partial charge on any atom is 0.0714 e. The van der Waals surface area contributed by atoms with Crippen molar-refractivity contribution >= 4 is 59.3 Å². The normalized spacial score (nSPS) is 12.8. The van der Waals surface area contributed by atoms with E-state index in [0.29, 0.717) is 5.92 Å². The average molecular weight is 836 g/mol. The Kier molecular flexibility index (Phi) is 9.17. The first-order valence-electron chi connectivity index (χ1n) is 22.4. The Hall–Kier alpha value is -7.52. The van der Waals surface area contributed by atoms with Crippen LogP contribution in [0, 0.1) is 0 Å². The van der Waals surface area contributed by atoms with Crippen molar-refractivity contribution in [2.75, 3.05) is 4.90 Å². The number of anilines is 3.